The van der Waals surface area contributed by atoms with E-state index in [0.29, 0.717) is 17.5 Å². The average Bonchev–Trinajstić information content (AvgIpc) is 3.22. The lowest BCUT2D eigenvalue weighted by Crippen LogP contribution is -2.42. The van der Waals surface area contributed by atoms with Gasteiger partial charge in [-0.1, -0.05) is 30.3 Å². The van der Waals surface area contributed by atoms with Crippen molar-refractivity contribution < 1.29 is 14.3 Å². The number of anilines is 1. The van der Waals surface area contributed by atoms with Crippen LogP contribution in [0.3, 0.4) is 0 Å². The summed E-state index contributed by atoms with van der Waals surface area (Å²) in [4.78, 5) is 54.3. The summed E-state index contributed by atoms with van der Waals surface area (Å²) in [6.07, 6.45) is 0.423. The molecule has 0 saturated carbocycles. The van der Waals surface area contributed by atoms with Gasteiger partial charge in [-0.15, -0.1) is 11.3 Å². The van der Waals surface area contributed by atoms with E-state index in [9.17, 15) is 19.2 Å². The molecule has 0 atom stereocenters. The Morgan fingerprint density at radius 2 is 1.73 bits per heavy atom. The fraction of sp³-hybridized carbons (Fsp3) is 0.174. The van der Waals surface area contributed by atoms with E-state index in [1.807, 2.05) is 24.3 Å². The highest BCUT2D eigenvalue weighted by Gasteiger charge is 2.22. The number of carbonyl (C=O) groups excluding carboxylic acids is 2. The van der Waals surface area contributed by atoms with Crippen LogP contribution < -0.4 is 17.0 Å². The van der Waals surface area contributed by atoms with Crippen molar-refractivity contribution in [3.63, 3.8) is 0 Å². The maximum absolute atomic E-state index is 12.8. The van der Waals surface area contributed by atoms with Gasteiger partial charge < -0.3 is 10.5 Å². The molecule has 2 aromatic heterocycles. The normalized spacial score (nSPS) is 11.0. The highest BCUT2D eigenvalue weighted by molar-refractivity contribution is 7.18. The zero-order chi connectivity index (χ0) is 23.7. The third kappa shape index (κ3) is 4.20. The van der Waals surface area contributed by atoms with Crippen molar-refractivity contribution in [1.82, 2.24) is 14.1 Å². The van der Waals surface area contributed by atoms with Crippen LogP contribution in [0.2, 0.25) is 0 Å². The van der Waals surface area contributed by atoms with Crippen molar-refractivity contribution in [2.24, 2.45) is 14.1 Å². The lowest BCUT2D eigenvalue weighted by Gasteiger charge is -2.11. The highest BCUT2D eigenvalue weighted by atomic mass is 32.1. The molecule has 10 heteroatoms. The summed E-state index contributed by atoms with van der Waals surface area (Å²) in [7, 11) is 2.59. The molecule has 4 aromatic rings. The molecule has 0 spiro atoms. The largest absolute Gasteiger partial charge is 0.454 e. The Morgan fingerprint density at radius 3 is 2.48 bits per heavy atom. The Labute approximate surface area is 191 Å². The first-order valence-electron chi connectivity index (χ1n) is 9.96. The molecule has 33 heavy (non-hydrogen) atoms. The van der Waals surface area contributed by atoms with E-state index in [4.69, 9.17) is 10.5 Å². The molecule has 0 unspecified atom stereocenters. The van der Waals surface area contributed by atoms with Crippen LogP contribution in [0.5, 0.6) is 0 Å². The summed E-state index contributed by atoms with van der Waals surface area (Å²) in [5.41, 5.74) is 5.79. The summed E-state index contributed by atoms with van der Waals surface area (Å²) in [6, 6.07) is 14.7. The number of Topliss-reactive ketones (excluding diaryl/α,β-unsaturated/α-hetero) is 1. The molecule has 0 amide bonds. The lowest BCUT2D eigenvalue weighted by atomic mass is 10.1. The van der Waals surface area contributed by atoms with Crippen LogP contribution >= 0.6 is 11.3 Å². The van der Waals surface area contributed by atoms with Crippen molar-refractivity contribution in [2.45, 2.75) is 6.42 Å². The van der Waals surface area contributed by atoms with Gasteiger partial charge in [-0.05, 0) is 23.8 Å². The van der Waals surface area contributed by atoms with Crippen LogP contribution in [-0.2, 0) is 25.3 Å². The predicted octanol–water partition coefficient (Wildman–Crippen LogP) is 1.91. The van der Waals surface area contributed by atoms with E-state index >= 15 is 0 Å². The Balaban J connectivity index is 1.54. The maximum Gasteiger partial charge on any atom is 0.338 e. The van der Waals surface area contributed by atoms with Crippen molar-refractivity contribution in [3.8, 4) is 0 Å². The highest BCUT2D eigenvalue weighted by Crippen LogP contribution is 2.25. The molecule has 2 N–H and O–H groups in total. The van der Waals surface area contributed by atoms with E-state index < -0.39 is 35.2 Å². The number of carbonyl (C=O) groups is 2. The number of aromatic nitrogens is 3. The molecule has 2 heterocycles. The second kappa shape index (κ2) is 8.83. The van der Waals surface area contributed by atoms with E-state index in [0.717, 1.165) is 24.4 Å². The molecule has 4 rings (SSSR count). The minimum absolute atomic E-state index is 0.277. The minimum Gasteiger partial charge on any atom is -0.454 e. The number of esters is 1. The summed E-state index contributed by atoms with van der Waals surface area (Å²) >= 11 is 1.54. The quantitative estimate of drug-likeness (QED) is 0.341. The second-order valence-corrected chi connectivity index (χ2v) is 8.49. The number of fused-ring (bicyclic) bond motifs is 1. The van der Waals surface area contributed by atoms with Crippen LogP contribution in [0, 0.1) is 0 Å². The second-order valence-electron chi connectivity index (χ2n) is 7.37. The lowest BCUT2D eigenvalue weighted by molar-refractivity contribution is 0.0473. The first-order chi connectivity index (χ1) is 15.8. The van der Waals surface area contributed by atoms with Gasteiger partial charge in [0, 0.05) is 20.5 Å². The third-order valence-electron chi connectivity index (χ3n) is 5.24. The summed E-state index contributed by atoms with van der Waals surface area (Å²) < 4.78 is 8.02. The number of hydrogen-bond acceptors (Lipinski definition) is 8. The molecular formula is C23H20N4O5S. The van der Waals surface area contributed by atoms with Gasteiger partial charge >= 0.3 is 11.7 Å². The van der Waals surface area contributed by atoms with E-state index in [1.165, 1.54) is 25.4 Å². The van der Waals surface area contributed by atoms with Crippen molar-refractivity contribution >= 4 is 39.1 Å². The number of nitrogens with zero attached hydrogens (tertiary/aromatic N) is 3. The van der Waals surface area contributed by atoms with E-state index in [1.54, 1.807) is 24.3 Å². The van der Waals surface area contributed by atoms with Crippen LogP contribution in [-0.4, -0.2) is 32.5 Å². The number of thiazole rings is 1. The van der Waals surface area contributed by atoms with Gasteiger partial charge in [-0.25, -0.2) is 14.6 Å². The molecule has 9 nitrogen and oxygen atoms in total. The predicted molar refractivity (Wildman–Crippen MR) is 125 cm³/mol. The number of rotatable bonds is 6. The van der Waals surface area contributed by atoms with Gasteiger partial charge in [-0.3, -0.25) is 18.7 Å². The third-order valence-corrected chi connectivity index (χ3v) is 6.28. The average molecular weight is 465 g/mol. The van der Waals surface area contributed by atoms with E-state index in [-0.39, 0.29) is 5.82 Å². The standard InChI is InChI=1S/C23H20N4O5S/c1-26-20(24)19(21(29)27(2)23(26)31)16(28)12-32-22(30)14-8-4-3-7-13(14)11-18-25-15-9-5-6-10-17(15)33-18/h3-10H,11-12,24H2,1-2H3. The Bertz CT molecular complexity index is 1480. The Kier molecular flexibility index (Phi) is 5.93. The van der Waals surface area contributed by atoms with Crippen LogP contribution in [0.1, 0.15) is 31.3 Å². The SMILES string of the molecule is Cn1c(N)c(C(=O)COC(=O)c2ccccc2Cc2nc3ccccc3s2)c(=O)n(C)c1=O. The van der Waals surface area contributed by atoms with Gasteiger partial charge in [0.25, 0.3) is 5.56 Å². The molecule has 0 fully saturated rings. The molecule has 2 aromatic carbocycles. The summed E-state index contributed by atoms with van der Waals surface area (Å²) in [6.45, 7) is -0.689. The first-order valence-corrected chi connectivity index (χ1v) is 10.8. The number of ketones is 1. The van der Waals surface area contributed by atoms with Crippen molar-refractivity contribution in [3.05, 3.63) is 91.1 Å². The van der Waals surface area contributed by atoms with Crippen molar-refractivity contribution in [1.29, 1.82) is 0 Å². The van der Waals surface area contributed by atoms with Gasteiger partial charge in [-0.2, -0.15) is 0 Å². The summed E-state index contributed by atoms with van der Waals surface area (Å²) in [5, 5.41) is 0.842. The first kappa shape index (κ1) is 22.2. The Hall–Kier alpha value is -4.05. The zero-order valence-electron chi connectivity index (χ0n) is 17.9. The number of benzene rings is 2. The van der Waals surface area contributed by atoms with Crippen LogP contribution in [0.15, 0.2) is 58.1 Å². The number of ether oxygens (including phenoxy) is 1. The summed E-state index contributed by atoms with van der Waals surface area (Å²) in [5.74, 6) is -1.78. The molecule has 0 saturated heterocycles. The van der Waals surface area contributed by atoms with Gasteiger partial charge in [0.1, 0.15) is 11.4 Å². The number of hydrogen-bond donors (Lipinski definition) is 1. The molecule has 0 aliphatic carbocycles. The van der Waals surface area contributed by atoms with Gasteiger partial charge in [0.15, 0.2) is 6.61 Å². The van der Waals surface area contributed by atoms with Gasteiger partial charge in [0.2, 0.25) is 5.78 Å². The topological polar surface area (TPSA) is 126 Å². The Morgan fingerprint density at radius 1 is 1.03 bits per heavy atom. The molecule has 0 radical (unpaired) electrons. The minimum atomic E-state index is -0.840. The molecule has 0 aliphatic rings. The van der Waals surface area contributed by atoms with Crippen LogP contribution in [0.4, 0.5) is 5.82 Å². The fourth-order valence-corrected chi connectivity index (χ4v) is 4.43. The smallest absolute Gasteiger partial charge is 0.338 e. The molecule has 0 bridgehead atoms. The maximum atomic E-state index is 12.8. The monoisotopic (exact) mass is 464 g/mol. The van der Waals surface area contributed by atoms with Crippen molar-refractivity contribution in [2.75, 3.05) is 12.3 Å². The molecule has 168 valence electrons. The zero-order valence-corrected chi connectivity index (χ0v) is 18.7. The molecule has 0 aliphatic heterocycles. The van der Waals surface area contributed by atoms with E-state index in [2.05, 4.69) is 4.98 Å². The number of para-hydroxylation sites is 1. The molecular weight excluding hydrogens is 444 g/mol. The number of nitrogens with two attached hydrogens (primary N) is 1. The number of nitrogen functional groups attached to an aromatic ring is 1. The van der Waals surface area contributed by atoms with Gasteiger partial charge in [0.05, 0.1) is 20.8 Å². The van der Waals surface area contributed by atoms with Crippen LogP contribution in [0.25, 0.3) is 10.2 Å². The fourth-order valence-electron chi connectivity index (χ4n) is 3.44.